The fourth-order valence-electron chi connectivity index (χ4n) is 5.52. The van der Waals surface area contributed by atoms with Crippen LogP contribution in [0.1, 0.15) is 68.9 Å². The van der Waals surface area contributed by atoms with Crippen molar-refractivity contribution in [3.05, 3.63) is 80.7 Å². The average Bonchev–Trinajstić information content (AvgIpc) is 3.12. The molecule has 6 heteroatoms. The fraction of sp³-hybridized carbons (Fsp3) is 0.375. The predicted molar refractivity (Wildman–Crippen MR) is 148 cm³/mol. The molecule has 1 aromatic heterocycles. The Morgan fingerprint density at radius 2 is 1.76 bits per heavy atom. The number of benzene rings is 3. The highest BCUT2D eigenvalue weighted by molar-refractivity contribution is 6.12. The molecule has 1 aliphatic heterocycles. The number of carbonyl (C=O) groups is 1. The molecule has 0 N–H and O–H groups in total. The van der Waals surface area contributed by atoms with Crippen LogP contribution < -0.4 is 15.1 Å². The fourth-order valence-corrected chi connectivity index (χ4v) is 5.52. The summed E-state index contributed by atoms with van der Waals surface area (Å²) in [7, 11) is 1.65. The highest BCUT2D eigenvalue weighted by atomic mass is 16.5. The van der Waals surface area contributed by atoms with Gasteiger partial charge in [0, 0.05) is 33.4 Å². The van der Waals surface area contributed by atoms with Crippen LogP contribution in [0.3, 0.4) is 0 Å². The van der Waals surface area contributed by atoms with Gasteiger partial charge < -0.3 is 18.6 Å². The summed E-state index contributed by atoms with van der Waals surface area (Å²) < 4.78 is 23.3. The maximum atomic E-state index is 12.7. The van der Waals surface area contributed by atoms with Crippen LogP contribution in [-0.4, -0.2) is 19.7 Å². The predicted octanol–water partition coefficient (Wildman–Crippen LogP) is 6.71. The van der Waals surface area contributed by atoms with E-state index in [0.717, 1.165) is 55.5 Å². The first-order chi connectivity index (χ1) is 17.9. The van der Waals surface area contributed by atoms with E-state index in [4.69, 9.17) is 18.6 Å². The number of ether oxygens (including phenoxy) is 3. The van der Waals surface area contributed by atoms with Gasteiger partial charge in [-0.25, -0.2) is 4.79 Å². The minimum atomic E-state index is -0.928. The van der Waals surface area contributed by atoms with Gasteiger partial charge in [-0.2, -0.15) is 0 Å². The second-order valence-electron chi connectivity index (χ2n) is 11.3. The van der Waals surface area contributed by atoms with Crippen molar-refractivity contribution in [2.45, 2.75) is 65.4 Å². The molecule has 1 unspecified atom stereocenters. The number of fused-ring (bicyclic) bond motifs is 2. The van der Waals surface area contributed by atoms with Crippen LogP contribution in [-0.2, 0) is 27.0 Å². The maximum Gasteiger partial charge on any atom is 0.336 e. The molecular weight excluding hydrogens is 480 g/mol. The molecule has 2 heterocycles. The van der Waals surface area contributed by atoms with Gasteiger partial charge in [-0.15, -0.1) is 0 Å². The summed E-state index contributed by atoms with van der Waals surface area (Å²) in [6.07, 6.45) is 0.692. The van der Waals surface area contributed by atoms with Crippen molar-refractivity contribution in [2.75, 3.05) is 13.7 Å². The smallest absolute Gasteiger partial charge is 0.336 e. The number of hydrogen-bond acceptors (Lipinski definition) is 6. The average molecular weight is 515 g/mol. The van der Waals surface area contributed by atoms with E-state index in [9.17, 15) is 9.59 Å². The second-order valence-corrected chi connectivity index (χ2v) is 11.3. The Balaban J connectivity index is 1.87. The van der Waals surface area contributed by atoms with Crippen LogP contribution in [0.15, 0.2) is 51.7 Å². The van der Waals surface area contributed by atoms with E-state index in [1.54, 1.807) is 14.0 Å². The zero-order valence-electron chi connectivity index (χ0n) is 23.1. The number of carbonyl (C=O) groups excluding carboxylic acids is 1. The summed E-state index contributed by atoms with van der Waals surface area (Å²) in [5, 5.41) is 2.58. The second kappa shape index (κ2) is 9.19. The Morgan fingerprint density at radius 3 is 2.39 bits per heavy atom. The largest absolute Gasteiger partial charge is 0.497 e. The van der Waals surface area contributed by atoms with Gasteiger partial charge in [-0.3, -0.25) is 4.79 Å². The van der Waals surface area contributed by atoms with Crippen molar-refractivity contribution < 1.29 is 23.4 Å². The van der Waals surface area contributed by atoms with Gasteiger partial charge in [0.15, 0.2) is 0 Å². The summed E-state index contributed by atoms with van der Waals surface area (Å²) in [5.41, 5.74) is 3.87. The number of hydrogen-bond donors (Lipinski definition) is 0. The molecule has 0 bridgehead atoms. The zero-order valence-corrected chi connectivity index (χ0v) is 23.1. The van der Waals surface area contributed by atoms with Crippen LogP contribution in [0.5, 0.6) is 11.5 Å². The molecule has 0 saturated heterocycles. The summed E-state index contributed by atoms with van der Waals surface area (Å²) >= 11 is 0. The Bertz CT molecular complexity index is 1620. The topological polar surface area (TPSA) is 75.0 Å². The molecule has 1 aliphatic rings. The van der Waals surface area contributed by atoms with Crippen LogP contribution in [0.25, 0.3) is 21.7 Å². The van der Waals surface area contributed by atoms with Crippen LogP contribution in [0.4, 0.5) is 0 Å². The van der Waals surface area contributed by atoms with Crippen molar-refractivity contribution >= 4 is 27.7 Å². The first kappa shape index (κ1) is 25.8. The normalized spacial score (nSPS) is 16.6. The highest BCUT2D eigenvalue weighted by Gasteiger charge is 2.43. The lowest BCUT2D eigenvalue weighted by molar-refractivity contribution is -0.147. The molecule has 198 valence electrons. The molecule has 4 aromatic rings. The molecule has 0 saturated carbocycles. The monoisotopic (exact) mass is 514 g/mol. The Labute approximate surface area is 222 Å². The third kappa shape index (κ3) is 4.32. The van der Waals surface area contributed by atoms with E-state index in [2.05, 4.69) is 26.8 Å². The van der Waals surface area contributed by atoms with E-state index in [1.807, 2.05) is 44.2 Å². The molecule has 3 aromatic carbocycles. The van der Waals surface area contributed by atoms with Gasteiger partial charge in [0.2, 0.25) is 0 Å². The van der Waals surface area contributed by atoms with Gasteiger partial charge in [-0.05, 0) is 67.5 Å². The lowest BCUT2D eigenvalue weighted by Gasteiger charge is -2.27. The molecule has 5 rings (SSSR count). The van der Waals surface area contributed by atoms with Crippen molar-refractivity contribution in [1.29, 1.82) is 0 Å². The van der Waals surface area contributed by atoms with Gasteiger partial charge >= 0.3 is 11.6 Å². The van der Waals surface area contributed by atoms with Gasteiger partial charge in [0.25, 0.3) is 0 Å². The third-order valence-electron chi connectivity index (χ3n) is 7.40. The molecule has 1 atom stereocenters. The summed E-state index contributed by atoms with van der Waals surface area (Å²) in [5.74, 6) is 1.21. The number of rotatable bonds is 6. The highest BCUT2D eigenvalue weighted by Crippen LogP contribution is 2.54. The van der Waals surface area contributed by atoms with Crippen molar-refractivity contribution in [2.24, 2.45) is 0 Å². The zero-order chi connectivity index (χ0) is 27.4. The van der Waals surface area contributed by atoms with E-state index in [-0.39, 0.29) is 17.8 Å². The van der Waals surface area contributed by atoms with Crippen LogP contribution >= 0.6 is 0 Å². The van der Waals surface area contributed by atoms with Gasteiger partial charge in [0.05, 0.1) is 20.1 Å². The SMILES string of the molecule is CCOC(=O)CC1(C)Oc2c(C(C)(C)C)cc(Cc3ccc(OC)cc3)c3c2c1cc1c(C)cc(=O)oc13. The molecule has 0 fully saturated rings. The van der Waals surface area contributed by atoms with E-state index < -0.39 is 11.2 Å². The van der Waals surface area contributed by atoms with Gasteiger partial charge in [0.1, 0.15) is 22.7 Å². The third-order valence-corrected chi connectivity index (χ3v) is 7.40. The maximum absolute atomic E-state index is 12.7. The number of esters is 1. The lowest BCUT2D eigenvalue weighted by Crippen LogP contribution is -2.30. The molecule has 0 amide bonds. The summed E-state index contributed by atoms with van der Waals surface area (Å²) in [6, 6.07) is 13.7. The molecule has 6 nitrogen and oxygen atoms in total. The first-order valence-corrected chi connectivity index (χ1v) is 13.0. The Morgan fingerprint density at radius 1 is 1.05 bits per heavy atom. The van der Waals surface area contributed by atoms with Crippen molar-refractivity contribution in [3.63, 3.8) is 0 Å². The Hall–Kier alpha value is -3.80. The molecule has 0 aliphatic carbocycles. The van der Waals surface area contributed by atoms with Gasteiger partial charge in [-0.1, -0.05) is 39.0 Å². The minimum absolute atomic E-state index is 0.0728. The quantitative estimate of drug-likeness (QED) is 0.162. The summed E-state index contributed by atoms with van der Waals surface area (Å²) in [4.78, 5) is 25.3. The standard InChI is InChI=1S/C32H34O6/c1-8-36-26(34)17-32(6)23-16-22-18(2)13-25(33)37-29(22)27-20(14-19-9-11-21(35-7)12-10-19)15-24(31(3,4)5)30(38-32)28(23)27/h9-13,15-16H,8,14,17H2,1-7H3. The summed E-state index contributed by atoms with van der Waals surface area (Å²) in [6.45, 7) is 12.4. The molecule has 38 heavy (non-hydrogen) atoms. The lowest BCUT2D eigenvalue weighted by atomic mass is 9.80. The van der Waals surface area contributed by atoms with E-state index in [0.29, 0.717) is 18.6 Å². The molecule has 0 radical (unpaired) electrons. The van der Waals surface area contributed by atoms with Crippen molar-refractivity contribution in [3.8, 4) is 11.5 Å². The van der Waals surface area contributed by atoms with Crippen LogP contribution in [0, 0.1) is 6.92 Å². The van der Waals surface area contributed by atoms with E-state index >= 15 is 0 Å². The molecular formula is C32H34O6. The van der Waals surface area contributed by atoms with E-state index in [1.165, 1.54) is 6.07 Å². The number of methoxy groups -OCH3 is 1. The van der Waals surface area contributed by atoms with Crippen molar-refractivity contribution in [1.82, 2.24) is 0 Å². The first-order valence-electron chi connectivity index (χ1n) is 13.0. The molecule has 0 spiro atoms. The van der Waals surface area contributed by atoms with Crippen LogP contribution in [0.2, 0.25) is 0 Å². The minimum Gasteiger partial charge on any atom is -0.497 e. The Kier molecular flexibility index (Phi) is 6.25. The number of aryl methyl sites for hydroxylation is 1.